The molecule has 2 aliphatic heterocycles. The molecule has 0 spiro atoms. The van der Waals surface area contributed by atoms with Gasteiger partial charge in [-0.2, -0.15) is 52.7 Å². The highest BCUT2D eigenvalue weighted by atomic mass is 19.4. The van der Waals surface area contributed by atoms with Gasteiger partial charge in [-0.25, -0.2) is 9.59 Å². The van der Waals surface area contributed by atoms with Crippen LogP contribution >= 0.6 is 0 Å². The van der Waals surface area contributed by atoms with Gasteiger partial charge in [-0.05, 0) is 109 Å². The van der Waals surface area contributed by atoms with Gasteiger partial charge in [-0.3, -0.25) is 19.9 Å². The fourth-order valence-electron chi connectivity index (χ4n) is 11.1. The third-order valence-corrected chi connectivity index (χ3v) is 16.2. The zero-order valence-corrected chi connectivity index (χ0v) is 48.9. The number of nitrogens with two attached hydrogens (primary N) is 1. The van der Waals surface area contributed by atoms with Gasteiger partial charge in [0, 0.05) is 29.8 Å². The van der Waals surface area contributed by atoms with Crippen LogP contribution in [-0.2, 0) is 67.9 Å². The van der Waals surface area contributed by atoms with Crippen LogP contribution in [0.25, 0.3) is 0 Å². The van der Waals surface area contributed by atoms with Crippen LogP contribution in [0.15, 0.2) is 183 Å². The highest BCUT2D eigenvalue weighted by molar-refractivity contribution is 5.71. The molecule has 6 atom stereocenters. The zero-order chi connectivity index (χ0) is 65.9. The summed E-state index contributed by atoms with van der Waals surface area (Å²) in [5, 5.41) is 12.4. The van der Waals surface area contributed by atoms with E-state index in [4.69, 9.17) is 24.7 Å². The van der Waals surface area contributed by atoms with Crippen molar-refractivity contribution < 1.29 is 86.1 Å². The fraction of sp³-hybridized carbons (Fsp3) is 0.382. The molecule has 12 nitrogen and oxygen atoms in total. The molecule has 92 heavy (non-hydrogen) atoms. The molecule has 498 valence electrons. The molecule has 8 rings (SSSR count). The molecule has 0 bridgehead atoms. The van der Waals surface area contributed by atoms with E-state index in [2.05, 4.69) is 13.2 Å². The van der Waals surface area contributed by atoms with E-state index in [1.54, 1.807) is 121 Å². The largest absolute Gasteiger partial charge is 0.445 e. The first kappa shape index (κ1) is 74.5. The summed E-state index contributed by atoms with van der Waals surface area (Å²) in [6.45, 7) is 8.87. The molecular formula is C68H74F12N4O8. The van der Waals surface area contributed by atoms with Gasteiger partial charge in [-0.1, -0.05) is 148 Å². The first-order valence-electron chi connectivity index (χ1n) is 28.3. The number of carbonyl (C=O) groups excluding carboxylic acids is 2. The quantitative estimate of drug-likeness (QED) is 0.0362. The average molecular weight is 1300 g/mol. The number of benzene rings is 6. The zero-order valence-electron chi connectivity index (χ0n) is 48.9. The number of nitrogens with zero attached hydrogens (tertiary/aromatic N) is 3. The first-order chi connectivity index (χ1) is 42.3. The van der Waals surface area contributed by atoms with E-state index in [9.17, 15) is 72.4 Å². The summed E-state index contributed by atoms with van der Waals surface area (Å²) in [5.41, 5.74) is -2.38. The van der Waals surface area contributed by atoms with E-state index in [0.717, 1.165) is 5.56 Å². The second-order valence-corrected chi connectivity index (χ2v) is 22.5. The molecule has 2 saturated heterocycles. The molecule has 0 radical (unpaired) electrons. The number of carbonyl (C=O) groups is 2. The number of amides is 2. The van der Waals surface area contributed by atoms with Gasteiger partial charge in [0.15, 0.2) is 0 Å². The van der Waals surface area contributed by atoms with Crippen LogP contribution in [0.5, 0.6) is 0 Å². The Kier molecular flexibility index (Phi) is 24.7. The normalized spacial score (nSPS) is 20.8. The molecule has 0 unspecified atom stereocenters. The molecule has 0 aromatic heterocycles. The SMILES string of the molecule is C.C.C=CC[C@]1(N)CC[C@@](CO[C@H](C)c2cc(C(F)(F)F)cc(C(F)(F)F)c2)(c2ccccc2)N(C(=O)OCc2ccccc2)C1.C=CC[C@]1([N+](=O)[O-])CC[C@@](CO[C@H](C)c2cc(C(F)(F)F)cc(C(F)(F)F)c2)(c2ccccc2)N(C(=O)OCc2ccccc2)C1. The van der Waals surface area contributed by atoms with Crippen molar-refractivity contribution >= 4 is 12.2 Å². The van der Waals surface area contributed by atoms with Crippen molar-refractivity contribution in [2.45, 2.75) is 140 Å². The number of nitro groups is 1. The van der Waals surface area contributed by atoms with Crippen molar-refractivity contribution in [1.29, 1.82) is 0 Å². The van der Waals surface area contributed by atoms with Gasteiger partial charge in [0.25, 0.3) is 0 Å². The van der Waals surface area contributed by atoms with Crippen LogP contribution in [0.2, 0.25) is 0 Å². The summed E-state index contributed by atoms with van der Waals surface area (Å²) in [4.78, 5) is 42.2. The summed E-state index contributed by atoms with van der Waals surface area (Å²) in [5.74, 6) is 0. The average Bonchev–Trinajstić information content (AvgIpc) is 0.752. The van der Waals surface area contributed by atoms with Gasteiger partial charge in [0.2, 0.25) is 5.54 Å². The maximum absolute atomic E-state index is 13.8. The lowest BCUT2D eigenvalue weighted by atomic mass is 9.74. The van der Waals surface area contributed by atoms with Crippen molar-refractivity contribution in [2.24, 2.45) is 5.73 Å². The minimum Gasteiger partial charge on any atom is -0.445 e. The molecule has 2 N–H and O–H groups in total. The highest BCUT2D eigenvalue weighted by Crippen LogP contribution is 2.48. The molecule has 24 heteroatoms. The molecule has 0 saturated carbocycles. The van der Waals surface area contributed by atoms with Crippen LogP contribution in [-0.4, -0.2) is 64.3 Å². The van der Waals surface area contributed by atoms with E-state index in [1.165, 1.54) is 29.7 Å². The van der Waals surface area contributed by atoms with Crippen molar-refractivity contribution in [3.63, 3.8) is 0 Å². The van der Waals surface area contributed by atoms with Crippen LogP contribution in [0.4, 0.5) is 62.3 Å². The van der Waals surface area contributed by atoms with Gasteiger partial charge < -0.3 is 24.7 Å². The lowest BCUT2D eigenvalue weighted by Crippen LogP contribution is -2.64. The molecular weight excluding hydrogens is 1230 g/mol. The molecule has 6 aromatic carbocycles. The first-order valence-corrected chi connectivity index (χ1v) is 28.3. The third kappa shape index (κ3) is 18.1. The Labute approximate surface area is 526 Å². The number of ether oxygens (including phenoxy) is 4. The summed E-state index contributed by atoms with van der Waals surface area (Å²) < 4.78 is 186. The molecule has 2 heterocycles. The standard InChI is InChI=1S/C33H32F6N2O5.C33H34F6N2O3.2CH4/c1-3-14-30(41(43)44)15-16-31(26-12-8-5-9-13-26,40(21-30)29(42)45-20-24-10-6-4-7-11-24)22-46-23(2)25-17-27(32(34,35)36)19-28(18-25)33(37,38)39;1-3-14-30(40)15-16-31(26-12-8-5-9-13-26,41(21-30)29(42)43-20-24-10-6-4-7-11-24)22-44-23(2)25-17-27(32(34,35)36)19-28(18-25)33(37,38)39;;/h3-13,17-19,23H,1,14-16,20-22H2,2H3;3-13,17-19,23H,1,14-16,20-22,40H2,2H3;2*1H4/t2*23-,30+,31-;;/m11../s1. The molecule has 6 aromatic rings. The number of halogens is 12. The maximum Gasteiger partial charge on any atom is 0.416 e. The minimum absolute atomic E-state index is 0. The van der Waals surface area contributed by atoms with Crippen molar-refractivity contribution in [1.82, 2.24) is 9.80 Å². The number of hydrogen-bond acceptors (Lipinski definition) is 9. The molecule has 2 aliphatic rings. The lowest BCUT2D eigenvalue weighted by Gasteiger charge is -2.52. The molecule has 2 fully saturated rings. The Hall–Kier alpha value is -8.22. The van der Waals surface area contributed by atoms with E-state index >= 15 is 0 Å². The Balaban J connectivity index is 0.000000327. The Morgan fingerprint density at radius 1 is 0.533 bits per heavy atom. The van der Waals surface area contributed by atoms with E-state index in [0.29, 0.717) is 53.8 Å². The van der Waals surface area contributed by atoms with Crippen molar-refractivity contribution in [2.75, 3.05) is 26.3 Å². The predicted molar refractivity (Wildman–Crippen MR) is 323 cm³/mol. The predicted octanol–water partition coefficient (Wildman–Crippen LogP) is 18.4. The van der Waals surface area contributed by atoms with Gasteiger partial charge in [0.1, 0.15) is 13.2 Å². The maximum atomic E-state index is 13.8. The van der Waals surface area contributed by atoms with Crippen LogP contribution < -0.4 is 5.73 Å². The smallest absolute Gasteiger partial charge is 0.416 e. The van der Waals surface area contributed by atoms with Crippen molar-refractivity contribution in [3.05, 3.63) is 249 Å². The number of hydrogen-bond donors (Lipinski definition) is 1. The Morgan fingerprint density at radius 3 is 1.18 bits per heavy atom. The fourth-order valence-corrected chi connectivity index (χ4v) is 11.1. The van der Waals surface area contributed by atoms with E-state index in [-0.39, 0.29) is 90.2 Å². The Morgan fingerprint density at radius 2 is 0.859 bits per heavy atom. The molecule has 2 amide bonds. The lowest BCUT2D eigenvalue weighted by molar-refractivity contribution is -0.575. The van der Waals surface area contributed by atoms with Crippen molar-refractivity contribution in [3.8, 4) is 0 Å². The van der Waals surface area contributed by atoms with Gasteiger partial charge in [-0.15, -0.1) is 13.2 Å². The van der Waals surface area contributed by atoms with E-state index in [1.807, 2.05) is 6.07 Å². The second-order valence-electron chi connectivity index (χ2n) is 22.5. The van der Waals surface area contributed by atoms with Crippen LogP contribution in [0.1, 0.15) is 135 Å². The summed E-state index contributed by atoms with van der Waals surface area (Å²) in [7, 11) is 0. The summed E-state index contributed by atoms with van der Waals surface area (Å²) in [6, 6.07) is 37.6. The van der Waals surface area contributed by atoms with Gasteiger partial charge >= 0.3 is 36.9 Å². The van der Waals surface area contributed by atoms with Crippen LogP contribution in [0, 0.1) is 10.1 Å². The Bertz CT molecular complexity index is 3350. The highest BCUT2D eigenvalue weighted by Gasteiger charge is 2.58. The van der Waals surface area contributed by atoms with Gasteiger partial charge in [0.05, 0.1) is 65.3 Å². The summed E-state index contributed by atoms with van der Waals surface area (Å²) >= 11 is 0. The monoisotopic (exact) mass is 1300 g/mol. The number of likely N-dealkylation sites (tertiary alicyclic amines) is 2. The number of rotatable bonds is 19. The minimum atomic E-state index is -5.05. The second kappa shape index (κ2) is 30.5. The molecule has 0 aliphatic carbocycles. The van der Waals surface area contributed by atoms with Crippen LogP contribution in [0.3, 0.4) is 0 Å². The van der Waals surface area contributed by atoms with E-state index < -0.39 is 112 Å². The third-order valence-electron chi connectivity index (χ3n) is 16.2. The summed E-state index contributed by atoms with van der Waals surface area (Å²) in [6.07, 6.45) is -20.2. The number of piperidine rings is 2. The number of alkyl halides is 12. The topological polar surface area (TPSA) is 147 Å².